The van der Waals surface area contributed by atoms with Crippen molar-refractivity contribution in [2.45, 2.75) is 153 Å². The molecule has 0 aliphatic rings. The Morgan fingerprint density at radius 3 is 2.00 bits per heavy atom. The van der Waals surface area contributed by atoms with Gasteiger partial charge in [-0.15, -0.1) is 0 Å². The lowest BCUT2D eigenvalue weighted by molar-refractivity contribution is -0.197. The van der Waals surface area contributed by atoms with Gasteiger partial charge in [-0.3, -0.25) is 4.57 Å². The Hall–Kier alpha value is -0.980. The molecule has 0 heterocycles. The number of aliphatic hydroxyl groups is 1. The lowest BCUT2D eigenvalue weighted by Gasteiger charge is -2.24. The quantitative estimate of drug-likeness (QED) is 0.0410. The predicted octanol–water partition coefficient (Wildman–Crippen LogP) is 9.86. The molecule has 0 aliphatic heterocycles. The van der Waals surface area contributed by atoms with Crippen LogP contribution in [0.15, 0.2) is 30.3 Å². The maximum Gasteiger partial charge on any atom is 0.380 e. The van der Waals surface area contributed by atoms with Gasteiger partial charge in [-0.1, -0.05) is 134 Å². The summed E-state index contributed by atoms with van der Waals surface area (Å²) in [5, 5.41) is 10.9. The highest BCUT2D eigenvalue weighted by Crippen LogP contribution is 2.27. The standard InChI is InChI=1S/C34H59O6PS/c1-4-6-8-10-12-14-16-21-28-42-32(25-20-15-13-11-9-7-5-2)30(3)38-26-22-27-40-34(36,41-37)33(35)39-29-31-23-18-17-19-24-31/h17-19,23-24,30,32,36H,4-16,20-22,25-29H2,1-3H3. The smallest absolute Gasteiger partial charge is 0.380 e. The Labute approximate surface area is 262 Å². The molecule has 0 bridgehead atoms. The summed E-state index contributed by atoms with van der Waals surface area (Å²) < 4.78 is 28.1. The number of hydrogen-bond donors (Lipinski definition) is 1. The van der Waals surface area contributed by atoms with Crippen molar-refractivity contribution in [3.8, 4) is 0 Å². The van der Waals surface area contributed by atoms with E-state index in [0.29, 0.717) is 18.3 Å². The molecule has 0 spiro atoms. The number of unbranched alkanes of at least 4 members (excludes halogenated alkanes) is 13. The van der Waals surface area contributed by atoms with E-state index in [-0.39, 0.29) is 19.3 Å². The van der Waals surface area contributed by atoms with Gasteiger partial charge in [0, 0.05) is 11.9 Å². The van der Waals surface area contributed by atoms with Crippen LogP contribution in [0.5, 0.6) is 0 Å². The number of benzene rings is 1. The summed E-state index contributed by atoms with van der Waals surface area (Å²) in [5.74, 6) is 0.109. The fraction of sp³-hybridized carbons (Fsp3) is 0.794. The number of ether oxygens (including phenoxy) is 3. The monoisotopic (exact) mass is 626 g/mol. The van der Waals surface area contributed by atoms with Gasteiger partial charge in [0.15, 0.2) is 0 Å². The Bertz CT molecular complexity index is 783. The summed E-state index contributed by atoms with van der Waals surface area (Å²) in [4.78, 5) is 12.3. The molecule has 0 saturated heterocycles. The Balaban J connectivity index is 2.38. The zero-order valence-corrected chi connectivity index (χ0v) is 28.4. The molecule has 0 aromatic heterocycles. The molecule has 1 N–H and O–H groups in total. The largest absolute Gasteiger partial charge is 0.456 e. The van der Waals surface area contributed by atoms with Crippen molar-refractivity contribution in [3.63, 3.8) is 0 Å². The summed E-state index contributed by atoms with van der Waals surface area (Å²) in [6.45, 7) is 7.12. The topological polar surface area (TPSA) is 82.1 Å². The van der Waals surface area contributed by atoms with E-state index in [2.05, 4.69) is 32.5 Å². The van der Waals surface area contributed by atoms with E-state index in [1.807, 2.05) is 18.2 Å². The molecule has 6 nitrogen and oxygen atoms in total. The molecule has 1 rings (SSSR count). The first kappa shape index (κ1) is 39.0. The fourth-order valence-corrected chi connectivity index (χ4v) is 6.46. The Morgan fingerprint density at radius 1 is 0.833 bits per heavy atom. The van der Waals surface area contributed by atoms with Crippen LogP contribution in [0.25, 0.3) is 0 Å². The van der Waals surface area contributed by atoms with E-state index in [1.165, 1.54) is 102 Å². The SMILES string of the molecule is CCCCCCCCCCSC(CCCCCCCCC)C(C)OCCCOC(O)(P=O)C(=O)OCc1ccccc1. The first-order valence-electron chi connectivity index (χ1n) is 16.6. The molecule has 8 heteroatoms. The number of rotatable bonds is 29. The summed E-state index contributed by atoms with van der Waals surface area (Å²) >= 11 is 2.05. The van der Waals surface area contributed by atoms with Gasteiger partial charge in [-0.2, -0.15) is 11.8 Å². The second-order valence-electron chi connectivity index (χ2n) is 11.3. The van der Waals surface area contributed by atoms with Gasteiger partial charge in [-0.25, -0.2) is 4.79 Å². The van der Waals surface area contributed by atoms with Crippen LogP contribution in [-0.4, -0.2) is 46.9 Å². The van der Waals surface area contributed by atoms with Crippen molar-refractivity contribution in [3.05, 3.63) is 35.9 Å². The molecule has 0 saturated carbocycles. The van der Waals surface area contributed by atoms with Gasteiger partial charge in [-0.05, 0) is 37.5 Å². The van der Waals surface area contributed by atoms with E-state index in [4.69, 9.17) is 14.2 Å². The normalized spacial score (nSPS) is 14.5. The van der Waals surface area contributed by atoms with Crippen LogP contribution >= 0.6 is 20.2 Å². The second kappa shape index (κ2) is 26.4. The molecule has 0 fully saturated rings. The average Bonchev–Trinajstić information content (AvgIpc) is 3.01. The van der Waals surface area contributed by atoms with Crippen molar-refractivity contribution in [2.24, 2.45) is 0 Å². The summed E-state index contributed by atoms with van der Waals surface area (Å²) in [6.07, 6.45) is 21.6. The fourth-order valence-electron chi connectivity index (χ4n) is 4.82. The minimum absolute atomic E-state index is 0.0295. The number of hydrogen-bond acceptors (Lipinski definition) is 7. The molecule has 0 amide bonds. The summed E-state index contributed by atoms with van der Waals surface area (Å²) in [5.41, 5.74) is -1.74. The molecule has 3 atom stereocenters. The van der Waals surface area contributed by atoms with Crippen molar-refractivity contribution in [1.82, 2.24) is 0 Å². The minimum Gasteiger partial charge on any atom is -0.456 e. The Morgan fingerprint density at radius 2 is 1.40 bits per heavy atom. The molecule has 1 aromatic rings. The van der Waals surface area contributed by atoms with Gasteiger partial charge in [0.25, 0.3) is 0 Å². The van der Waals surface area contributed by atoms with Gasteiger partial charge >= 0.3 is 11.5 Å². The molecule has 0 aliphatic carbocycles. The molecular formula is C34H59O6PS. The summed E-state index contributed by atoms with van der Waals surface area (Å²) in [6, 6.07) is 9.11. The zero-order chi connectivity index (χ0) is 30.7. The number of thioether (sulfide) groups is 1. The molecule has 42 heavy (non-hydrogen) atoms. The number of carbonyl (C=O) groups is 1. The van der Waals surface area contributed by atoms with Gasteiger partial charge < -0.3 is 19.3 Å². The Kier molecular flexibility index (Phi) is 24.6. The highest BCUT2D eigenvalue weighted by atomic mass is 32.2. The van der Waals surface area contributed by atoms with Crippen LogP contribution in [0.3, 0.4) is 0 Å². The predicted molar refractivity (Wildman–Crippen MR) is 176 cm³/mol. The minimum atomic E-state index is -2.51. The van der Waals surface area contributed by atoms with Crippen molar-refractivity contribution < 1.29 is 28.7 Å². The molecule has 3 unspecified atom stereocenters. The summed E-state index contributed by atoms with van der Waals surface area (Å²) in [7, 11) is -0.850. The van der Waals surface area contributed by atoms with E-state index in [1.54, 1.807) is 12.1 Å². The third-order valence-corrected chi connectivity index (χ3v) is 9.65. The number of carbonyl (C=O) groups excluding carboxylic acids is 1. The van der Waals surface area contributed by atoms with Crippen LogP contribution in [-0.2, 0) is 30.2 Å². The first-order chi connectivity index (χ1) is 20.5. The van der Waals surface area contributed by atoms with Gasteiger partial charge in [0.2, 0.25) is 8.46 Å². The second-order valence-corrected chi connectivity index (χ2v) is 13.5. The van der Waals surface area contributed by atoms with E-state index in [9.17, 15) is 14.5 Å². The maximum absolute atomic E-state index is 12.3. The van der Waals surface area contributed by atoms with E-state index < -0.39 is 20.0 Å². The van der Waals surface area contributed by atoms with Crippen LogP contribution in [0, 0.1) is 0 Å². The highest BCUT2D eigenvalue weighted by molar-refractivity contribution is 7.99. The zero-order valence-electron chi connectivity index (χ0n) is 26.7. The van der Waals surface area contributed by atoms with Crippen LogP contribution in [0.2, 0.25) is 0 Å². The molecule has 242 valence electrons. The third kappa shape index (κ3) is 19.3. The first-order valence-corrected chi connectivity index (χ1v) is 18.5. The number of esters is 1. The van der Waals surface area contributed by atoms with Crippen molar-refractivity contribution in [2.75, 3.05) is 19.0 Å². The molecule has 0 radical (unpaired) electrons. The van der Waals surface area contributed by atoms with Crippen LogP contribution < -0.4 is 0 Å². The van der Waals surface area contributed by atoms with E-state index in [0.717, 1.165) is 12.0 Å². The molecule has 1 aromatic carbocycles. The molecular weight excluding hydrogens is 567 g/mol. The highest BCUT2D eigenvalue weighted by Gasteiger charge is 2.41. The maximum atomic E-state index is 12.3. The van der Waals surface area contributed by atoms with E-state index >= 15 is 0 Å². The van der Waals surface area contributed by atoms with Crippen LogP contribution in [0.4, 0.5) is 0 Å². The average molecular weight is 627 g/mol. The van der Waals surface area contributed by atoms with Crippen molar-refractivity contribution in [1.29, 1.82) is 0 Å². The van der Waals surface area contributed by atoms with Gasteiger partial charge in [0.1, 0.15) is 6.61 Å². The van der Waals surface area contributed by atoms with Crippen LogP contribution in [0.1, 0.15) is 135 Å². The van der Waals surface area contributed by atoms with Gasteiger partial charge in [0.05, 0.1) is 12.7 Å². The third-order valence-electron chi connectivity index (χ3n) is 7.52. The van der Waals surface area contributed by atoms with Crippen molar-refractivity contribution >= 4 is 26.2 Å². The lowest BCUT2D eigenvalue weighted by Crippen LogP contribution is -2.37. The lowest BCUT2D eigenvalue weighted by atomic mass is 10.1.